The zero-order chi connectivity index (χ0) is 27.5. The van der Waals surface area contributed by atoms with Crippen LogP contribution in [0.15, 0.2) is 65.6 Å². The second-order valence-corrected chi connectivity index (χ2v) is 9.84. The van der Waals surface area contributed by atoms with Gasteiger partial charge in [0.15, 0.2) is 5.78 Å². The third-order valence-corrected chi connectivity index (χ3v) is 7.26. The minimum absolute atomic E-state index is 0.171. The van der Waals surface area contributed by atoms with Gasteiger partial charge in [-0.1, -0.05) is 41.9 Å². The number of ether oxygens (including phenoxy) is 1. The van der Waals surface area contributed by atoms with Gasteiger partial charge in [-0.15, -0.1) is 0 Å². The Labute approximate surface area is 229 Å². The molecule has 1 atom stereocenters. The number of ketones is 1. The molecular formula is C28H28ClN5O5. The van der Waals surface area contributed by atoms with Crippen LogP contribution < -0.4 is 20.5 Å². The predicted octanol–water partition coefficient (Wildman–Crippen LogP) is 4.03. The molecule has 1 saturated heterocycles. The maximum atomic E-state index is 13.8. The van der Waals surface area contributed by atoms with Crippen LogP contribution >= 0.6 is 11.6 Å². The summed E-state index contributed by atoms with van der Waals surface area (Å²) in [6, 6.07) is 15.7. The van der Waals surface area contributed by atoms with Gasteiger partial charge in [-0.25, -0.2) is 9.78 Å². The van der Waals surface area contributed by atoms with E-state index < -0.39 is 6.09 Å². The maximum absolute atomic E-state index is 13.8. The Hall–Kier alpha value is -4.31. The second-order valence-electron chi connectivity index (χ2n) is 9.43. The van der Waals surface area contributed by atoms with Gasteiger partial charge in [0.2, 0.25) is 5.95 Å². The summed E-state index contributed by atoms with van der Waals surface area (Å²) >= 11 is 6.48. The Bertz CT molecular complexity index is 1600. The molecule has 0 aliphatic carbocycles. The van der Waals surface area contributed by atoms with Gasteiger partial charge in [0.05, 0.1) is 31.3 Å². The molecule has 0 unspecified atom stereocenters. The summed E-state index contributed by atoms with van der Waals surface area (Å²) < 4.78 is 8.51. The number of aromatic nitrogens is 3. The Balaban J connectivity index is 1.58. The number of carbonyl (C=O) groups excluding carboxylic acids is 1. The number of rotatable bonds is 8. The zero-order valence-electron chi connectivity index (χ0n) is 21.3. The van der Waals surface area contributed by atoms with Crippen molar-refractivity contribution in [2.75, 3.05) is 25.1 Å². The van der Waals surface area contributed by atoms with Gasteiger partial charge in [-0.3, -0.25) is 9.59 Å². The number of nitrogens with zero attached hydrogens (tertiary/aromatic N) is 4. The van der Waals surface area contributed by atoms with E-state index in [1.54, 1.807) is 42.6 Å². The van der Waals surface area contributed by atoms with E-state index in [1.807, 2.05) is 27.7 Å². The maximum Gasteiger partial charge on any atom is 0.404 e. The first kappa shape index (κ1) is 26.3. The Morgan fingerprint density at radius 3 is 2.69 bits per heavy atom. The first-order chi connectivity index (χ1) is 18.9. The summed E-state index contributed by atoms with van der Waals surface area (Å²) in [5, 5.41) is 12.3. The first-order valence-electron chi connectivity index (χ1n) is 12.6. The molecule has 10 nitrogen and oxygen atoms in total. The number of imidazole rings is 1. The molecule has 39 heavy (non-hydrogen) atoms. The number of methoxy groups -OCH3 is 1. The summed E-state index contributed by atoms with van der Waals surface area (Å²) in [5.41, 5.74) is 1.66. The SMILES string of the molecule is COc1ccccc1C(=O)Cn1ccc2nc(N3CCC[C@@H](NC(=O)O)C3)n(Cc3ccccc3Cl)c2c1=O. The highest BCUT2D eigenvalue weighted by molar-refractivity contribution is 6.31. The number of benzene rings is 2. The van der Waals surface area contributed by atoms with Gasteiger partial charge in [0.25, 0.3) is 5.56 Å². The molecular weight excluding hydrogens is 522 g/mol. The molecule has 2 aromatic heterocycles. The fourth-order valence-electron chi connectivity index (χ4n) is 5.04. The Kier molecular flexibility index (Phi) is 7.56. The smallest absolute Gasteiger partial charge is 0.404 e. The summed E-state index contributed by atoms with van der Waals surface area (Å²) in [6.07, 6.45) is 1.97. The highest BCUT2D eigenvalue weighted by Crippen LogP contribution is 2.27. The lowest BCUT2D eigenvalue weighted by Gasteiger charge is -2.33. The van der Waals surface area contributed by atoms with E-state index in [-0.39, 0.29) is 30.5 Å². The van der Waals surface area contributed by atoms with Crippen molar-refractivity contribution in [3.63, 3.8) is 0 Å². The standard InChI is InChI=1S/C28H28ClN5O5/c1-39-24-11-5-3-9-20(24)23(35)17-32-14-12-22-25(26(32)36)34(15-18-7-2-4-10-21(18)29)27(31-22)33-13-6-8-19(16-33)30-28(37)38/h2-5,7,9-12,14,19,30H,6,8,13,15-17H2,1H3,(H,37,38)/t19-/m1/s1. The lowest BCUT2D eigenvalue weighted by Crippen LogP contribution is -2.48. The number of amides is 1. The molecule has 0 bridgehead atoms. The van der Waals surface area contributed by atoms with E-state index >= 15 is 0 Å². The van der Waals surface area contributed by atoms with E-state index in [0.29, 0.717) is 52.8 Å². The summed E-state index contributed by atoms with van der Waals surface area (Å²) in [4.78, 5) is 45.0. The van der Waals surface area contributed by atoms with E-state index in [2.05, 4.69) is 5.32 Å². The molecule has 202 valence electrons. The van der Waals surface area contributed by atoms with Gasteiger partial charge in [-0.2, -0.15) is 0 Å². The lowest BCUT2D eigenvalue weighted by molar-refractivity contribution is 0.0968. The van der Waals surface area contributed by atoms with E-state index in [1.165, 1.54) is 11.7 Å². The number of carboxylic acid groups (broad SMARTS) is 1. The van der Waals surface area contributed by atoms with Crippen molar-refractivity contribution < 1.29 is 19.4 Å². The van der Waals surface area contributed by atoms with Crippen LogP contribution in [0.25, 0.3) is 11.0 Å². The summed E-state index contributed by atoms with van der Waals surface area (Å²) in [6.45, 7) is 1.18. The fraction of sp³-hybridized carbons (Fsp3) is 0.286. The van der Waals surface area contributed by atoms with E-state index in [0.717, 1.165) is 12.0 Å². The second kappa shape index (κ2) is 11.2. The van der Waals surface area contributed by atoms with Crippen LogP contribution in [0.2, 0.25) is 5.02 Å². The molecule has 4 aromatic rings. The first-order valence-corrected chi connectivity index (χ1v) is 13.0. The number of anilines is 1. The molecule has 0 radical (unpaired) electrons. The van der Waals surface area contributed by atoms with E-state index in [4.69, 9.17) is 21.3 Å². The van der Waals surface area contributed by atoms with Crippen LogP contribution in [0.4, 0.5) is 10.7 Å². The zero-order valence-corrected chi connectivity index (χ0v) is 22.1. The largest absolute Gasteiger partial charge is 0.496 e. The van der Waals surface area contributed by atoms with Crippen LogP contribution in [-0.4, -0.2) is 57.3 Å². The Morgan fingerprint density at radius 2 is 1.92 bits per heavy atom. The third kappa shape index (κ3) is 5.46. The molecule has 1 amide bonds. The van der Waals surface area contributed by atoms with Gasteiger partial charge < -0.3 is 29.2 Å². The minimum atomic E-state index is -1.07. The number of hydrogen-bond acceptors (Lipinski definition) is 6. The van der Waals surface area contributed by atoms with Crippen molar-refractivity contribution in [2.45, 2.75) is 32.0 Å². The van der Waals surface area contributed by atoms with Gasteiger partial charge >= 0.3 is 6.09 Å². The number of carbonyl (C=O) groups is 2. The van der Waals surface area contributed by atoms with E-state index in [9.17, 15) is 19.5 Å². The average molecular weight is 550 g/mol. The third-order valence-electron chi connectivity index (χ3n) is 6.89. The minimum Gasteiger partial charge on any atom is -0.496 e. The average Bonchev–Trinajstić information content (AvgIpc) is 3.30. The molecule has 1 aliphatic rings. The molecule has 5 rings (SSSR count). The number of para-hydroxylation sites is 1. The van der Waals surface area contributed by atoms with Crippen molar-refractivity contribution in [1.82, 2.24) is 19.4 Å². The van der Waals surface area contributed by atoms with Crippen molar-refractivity contribution in [3.05, 3.63) is 87.3 Å². The van der Waals surface area contributed by atoms with Crippen LogP contribution in [0, 0.1) is 0 Å². The number of pyridine rings is 1. The number of halogens is 1. The quantitative estimate of drug-likeness (QED) is 0.318. The number of Topliss-reactive ketones (excluding diaryl/α,β-unsaturated/α-hetero) is 1. The monoisotopic (exact) mass is 549 g/mol. The van der Waals surface area contributed by atoms with Crippen molar-refractivity contribution in [1.29, 1.82) is 0 Å². The normalized spacial score (nSPS) is 15.3. The molecule has 1 aliphatic heterocycles. The summed E-state index contributed by atoms with van der Waals surface area (Å²) in [7, 11) is 1.50. The molecule has 0 saturated carbocycles. The lowest BCUT2D eigenvalue weighted by atomic mass is 10.1. The number of fused-ring (bicyclic) bond motifs is 1. The topological polar surface area (TPSA) is 119 Å². The predicted molar refractivity (Wildman–Crippen MR) is 148 cm³/mol. The van der Waals surface area contributed by atoms with Crippen LogP contribution in [0.1, 0.15) is 28.8 Å². The fourth-order valence-corrected chi connectivity index (χ4v) is 5.24. The van der Waals surface area contributed by atoms with Gasteiger partial charge in [-0.05, 0) is 42.7 Å². The van der Waals surface area contributed by atoms with Crippen molar-refractivity contribution in [3.8, 4) is 5.75 Å². The van der Waals surface area contributed by atoms with Crippen LogP contribution in [0.3, 0.4) is 0 Å². The van der Waals surface area contributed by atoms with Gasteiger partial charge in [0.1, 0.15) is 11.3 Å². The number of nitrogens with one attached hydrogen (secondary N) is 1. The number of hydrogen-bond donors (Lipinski definition) is 2. The van der Waals surface area contributed by atoms with Crippen LogP contribution in [0.5, 0.6) is 5.75 Å². The molecule has 11 heteroatoms. The van der Waals surface area contributed by atoms with Crippen molar-refractivity contribution in [2.24, 2.45) is 0 Å². The molecule has 2 N–H and O–H groups in total. The molecule has 1 fully saturated rings. The molecule has 0 spiro atoms. The number of piperidine rings is 1. The highest BCUT2D eigenvalue weighted by atomic mass is 35.5. The summed E-state index contributed by atoms with van der Waals surface area (Å²) in [5.74, 6) is 0.731. The Morgan fingerprint density at radius 1 is 1.15 bits per heavy atom. The highest BCUT2D eigenvalue weighted by Gasteiger charge is 2.27. The van der Waals surface area contributed by atoms with Crippen molar-refractivity contribution >= 4 is 40.5 Å². The molecule has 2 aromatic carbocycles. The molecule has 3 heterocycles. The van der Waals surface area contributed by atoms with Gasteiger partial charge in [0, 0.05) is 30.4 Å². The van der Waals surface area contributed by atoms with Crippen LogP contribution in [-0.2, 0) is 13.1 Å².